The molecule has 1 heterocycles. The molecule has 0 saturated carbocycles. The average Bonchev–Trinajstić information content (AvgIpc) is 2.71. The molecule has 100 valence electrons. The first-order valence-corrected chi connectivity index (χ1v) is 7.78. The van der Waals surface area contributed by atoms with Crippen molar-refractivity contribution < 1.29 is 0 Å². The molecule has 0 aromatic heterocycles. The third kappa shape index (κ3) is 2.93. The number of anilines is 1. The van der Waals surface area contributed by atoms with Crippen molar-refractivity contribution in [3.05, 3.63) is 40.9 Å². The first-order chi connectivity index (χ1) is 9.34. The van der Waals surface area contributed by atoms with Crippen molar-refractivity contribution in [1.29, 1.82) is 0 Å². The van der Waals surface area contributed by atoms with E-state index in [1.54, 1.807) is 0 Å². The van der Waals surface area contributed by atoms with Crippen LogP contribution in [0.2, 0.25) is 0 Å². The summed E-state index contributed by atoms with van der Waals surface area (Å²) >= 11 is 3.63. The maximum atomic E-state index is 3.73. The van der Waals surface area contributed by atoms with Gasteiger partial charge in [0.15, 0.2) is 0 Å². The van der Waals surface area contributed by atoms with Gasteiger partial charge in [-0.25, -0.2) is 0 Å². The van der Waals surface area contributed by atoms with E-state index < -0.39 is 0 Å². The molecule has 0 bridgehead atoms. The Balaban J connectivity index is 1.90. The van der Waals surface area contributed by atoms with E-state index in [0.29, 0.717) is 6.04 Å². The third-order valence-electron chi connectivity index (χ3n) is 3.81. The SMILES string of the molecule is Brc1ccc(NC2CCCNCC2)c2ccccc12. The zero-order valence-electron chi connectivity index (χ0n) is 11.0. The van der Waals surface area contributed by atoms with Crippen molar-refractivity contribution in [2.75, 3.05) is 18.4 Å². The summed E-state index contributed by atoms with van der Waals surface area (Å²) in [4.78, 5) is 0. The normalized spacial score (nSPS) is 20.2. The number of nitrogens with one attached hydrogen (secondary N) is 2. The second-order valence-electron chi connectivity index (χ2n) is 5.16. The van der Waals surface area contributed by atoms with Gasteiger partial charge in [-0.3, -0.25) is 0 Å². The van der Waals surface area contributed by atoms with Gasteiger partial charge in [-0.15, -0.1) is 0 Å². The minimum Gasteiger partial charge on any atom is -0.382 e. The first-order valence-electron chi connectivity index (χ1n) is 6.99. The second-order valence-corrected chi connectivity index (χ2v) is 6.02. The van der Waals surface area contributed by atoms with Crippen molar-refractivity contribution in [2.45, 2.75) is 25.3 Å². The summed E-state index contributed by atoms with van der Waals surface area (Å²) < 4.78 is 1.16. The number of fused-ring (bicyclic) bond motifs is 1. The topological polar surface area (TPSA) is 24.1 Å². The minimum absolute atomic E-state index is 0.583. The van der Waals surface area contributed by atoms with E-state index in [0.717, 1.165) is 17.6 Å². The van der Waals surface area contributed by atoms with Crippen LogP contribution in [0.5, 0.6) is 0 Å². The van der Waals surface area contributed by atoms with Crippen molar-refractivity contribution in [3.8, 4) is 0 Å². The summed E-state index contributed by atoms with van der Waals surface area (Å²) in [7, 11) is 0. The summed E-state index contributed by atoms with van der Waals surface area (Å²) in [5, 5.41) is 9.77. The molecule has 2 nitrogen and oxygen atoms in total. The predicted octanol–water partition coefficient (Wildman–Crippen LogP) is 4.16. The number of benzene rings is 2. The van der Waals surface area contributed by atoms with Gasteiger partial charge in [-0.05, 0) is 49.9 Å². The van der Waals surface area contributed by atoms with Crippen LogP contribution in [0, 0.1) is 0 Å². The van der Waals surface area contributed by atoms with Crippen LogP contribution in [0.15, 0.2) is 40.9 Å². The maximum Gasteiger partial charge on any atom is 0.0422 e. The monoisotopic (exact) mass is 318 g/mol. The van der Waals surface area contributed by atoms with Gasteiger partial charge in [0.2, 0.25) is 0 Å². The Morgan fingerprint density at radius 2 is 1.84 bits per heavy atom. The molecule has 1 fully saturated rings. The second kappa shape index (κ2) is 5.93. The van der Waals surface area contributed by atoms with Crippen LogP contribution in [0.3, 0.4) is 0 Å². The highest BCUT2D eigenvalue weighted by Gasteiger charge is 2.13. The molecule has 1 atom stereocenters. The molecule has 0 amide bonds. The van der Waals surface area contributed by atoms with Crippen LogP contribution in [-0.2, 0) is 0 Å². The number of halogens is 1. The Hall–Kier alpha value is -1.06. The lowest BCUT2D eigenvalue weighted by molar-refractivity contribution is 0.638. The molecule has 0 aliphatic carbocycles. The zero-order valence-corrected chi connectivity index (χ0v) is 12.5. The molecule has 1 aliphatic heterocycles. The van der Waals surface area contributed by atoms with E-state index >= 15 is 0 Å². The predicted molar refractivity (Wildman–Crippen MR) is 85.8 cm³/mol. The van der Waals surface area contributed by atoms with E-state index in [2.05, 4.69) is 63.0 Å². The Labute approximate surface area is 122 Å². The molecular formula is C16H19BrN2. The van der Waals surface area contributed by atoms with Crippen molar-refractivity contribution >= 4 is 32.4 Å². The van der Waals surface area contributed by atoms with Gasteiger partial charge >= 0.3 is 0 Å². The average molecular weight is 319 g/mol. The fourth-order valence-electron chi connectivity index (χ4n) is 2.77. The Kier molecular flexibility index (Phi) is 4.04. The molecule has 2 aromatic rings. The van der Waals surface area contributed by atoms with Gasteiger partial charge in [0.25, 0.3) is 0 Å². The Morgan fingerprint density at radius 1 is 1.00 bits per heavy atom. The van der Waals surface area contributed by atoms with Crippen LogP contribution < -0.4 is 10.6 Å². The zero-order chi connectivity index (χ0) is 13.1. The quantitative estimate of drug-likeness (QED) is 0.869. The van der Waals surface area contributed by atoms with E-state index in [-0.39, 0.29) is 0 Å². The Bertz CT molecular complexity index is 560. The number of rotatable bonds is 2. The molecule has 2 aromatic carbocycles. The van der Waals surface area contributed by atoms with Crippen LogP contribution in [0.25, 0.3) is 10.8 Å². The molecule has 3 rings (SSSR count). The summed E-state index contributed by atoms with van der Waals surface area (Å²) in [5.74, 6) is 0. The fraction of sp³-hybridized carbons (Fsp3) is 0.375. The van der Waals surface area contributed by atoms with Gasteiger partial charge in [-0.1, -0.05) is 40.2 Å². The van der Waals surface area contributed by atoms with Gasteiger partial charge in [0.05, 0.1) is 0 Å². The van der Waals surface area contributed by atoms with Crippen molar-refractivity contribution in [2.24, 2.45) is 0 Å². The lowest BCUT2D eigenvalue weighted by Gasteiger charge is -2.19. The standard InChI is InChI=1S/C16H19BrN2/c17-15-7-8-16(14-6-2-1-5-13(14)15)19-12-4-3-10-18-11-9-12/h1-2,5-8,12,18-19H,3-4,9-11H2. The van der Waals surface area contributed by atoms with Gasteiger partial charge in [-0.2, -0.15) is 0 Å². The largest absolute Gasteiger partial charge is 0.382 e. The van der Waals surface area contributed by atoms with Gasteiger partial charge < -0.3 is 10.6 Å². The minimum atomic E-state index is 0.583. The van der Waals surface area contributed by atoms with Gasteiger partial charge in [0.1, 0.15) is 0 Å². The smallest absolute Gasteiger partial charge is 0.0422 e. The summed E-state index contributed by atoms with van der Waals surface area (Å²) in [6, 6.07) is 13.5. The number of hydrogen-bond acceptors (Lipinski definition) is 2. The molecule has 0 spiro atoms. The lowest BCUT2D eigenvalue weighted by Crippen LogP contribution is -2.21. The van der Waals surface area contributed by atoms with Crippen LogP contribution in [0.1, 0.15) is 19.3 Å². The van der Waals surface area contributed by atoms with E-state index in [1.165, 1.54) is 35.7 Å². The molecule has 3 heteroatoms. The lowest BCUT2D eigenvalue weighted by atomic mass is 10.1. The molecular weight excluding hydrogens is 300 g/mol. The molecule has 1 saturated heterocycles. The first kappa shape index (κ1) is 12.9. The highest BCUT2D eigenvalue weighted by atomic mass is 79.9. The van der Waals surface area contributed by atoms with E-state index in [4.69, 9.17) is 0 Å². The molecule has 19 heavy (non-hydrogen) atoms. The van der Waals surface area contributed by atoms with Crippen LogP contribution in [-0.4, -0.2) is 19.1 Å². The highest BCUT2D eigenvalue weighted by Crippen LogP contribution is 2.30. The van der Waals surface area contributed by atoms with Crippen LogP contribution >= 0.6 is 15.9 Å². The van der Waals surface area contributed by atoms with Crippen molar-refractivity contribution in [3.63, 3.8) is 0 Å². The van der Waals surface area contributed by atoms with Crippen molar-refractivity contribution in [1.82, 2.24) is 5.32 Å². The molecule has 0 radical (unpaired) electrons. The Morgan fingerprint density at radius 3 is 2.74 bits per heavy atom. The third-order valence-corrected chi connectivity index (χ3v) is 4.50. The van der Waals surface area contributed by atoms with E-state index in [1.807, 2.05) is 0 Å². The number of hydrogen-bond donors (Lipinski definition) is 2. The molecule has 1 unspecified atom stereocenters. The summed E-state index contributed by atoms with van der Waals surface area (Å²) in [5.41, 5.74) is 1.26. The summed E-state index contributed by atoms with van der Waals surface area (Å²) in [6.07, 6.45) is 3.70. The molecule has 1 aliphatic rings. The highest BCUT2D eigenvalue weighted by molar-refractivity contribution is 9.10. The van der Waals surface area contributed by atoms with E-state index in [9.17, 15) is 0 Å². The fourth-order valence-corrected chi connectivity index (χ4v) is 3.25. The van der Waals surface area contributed by atoms with Crippen LogP contribution in [0.4, 0.5) is 5.69 Å². The summed E-state index contributed by atoms with van der Waals surface area (Å²) in [6.45, 7) is 2.27. The van der Waals surface area contributed by atoms with Gasteiger partial charge in [0, 0.05) is 21.6 Å². The molecule has 2 N–H and O–H groups in total. The maximum absolute atomic E-state index is 3.73.